The van der Waals surface area contributed by atoms with Gasteiger partial charge in [0.05, 0.1) is 0 Å². The van der Waals surface area contributed by atoms with Crippen LogP contribution < -0.4 is 0 Å². The Hall–Kier alpha value is 0.480. The van der Waals surface area contributed by atoms with Crippen molar-refractivity contribution in [2.75, 3.05) is 5.33 Å². The quantitative estimate of drug-likeness (QED) is 0.614. The van der Waals surface area contributed by atoms with Gasteiger partial charge in [-0.3, -0.25) is 0 Å². The van der Waals surface area contributed by atoms with Crippen molar-refractivity contribution in [3.63, 3.8) is 0 Å². The number of alkyl halides is 1. The lowest BCUT2D eigenvalue weighted by Crippen LogP contribution is -2.17. The van der Waals surface area contributed by atoms with Gasteiger partial charge in [0.1, 0.15) is 0 Å². The van der Waals surface area contributed by atoms with Crippen LogP contribution in [-0.2, 0) is 0 Å². The summed E-state index contributed by atoms with van der Waals surface area (Å²) in [6.45, 7) is 2.37. The highest BCUT2D eigenvalue weighted by molar-refractivity contribution is 9.09. The second-order valence-electron chi connectivity index (χ2n) is 4.40. The van der Waals surface area contributed by atoms with Gasteiger partial charge in [0.2, 0.25) is 0 Å². The Morgan fingerprint density at radius 1 is 1.23 bits per heavy atom. The van der Waals surface area contributed by atoms with Gasteiger partial charge in [0.15, 0.2) is 0 Å². The second-order valence-corrected chi connectivity index (χ2v) is 5.19. The molecule has 0 radical (unpaired) electrons. The molecule has 1 atom stereocenters. The van der Waals surface area contributed by atoms with Gasteiger partial charge in [0, 0.05) is 5.33 Å². The molecule has 1 unspecified atom stereocenters. The summed E-state index contributed by atoms with van der Waals surface area (Å²) in [6.07, 6.45) is 11.7. The smallest absolute Gasteiger partial charge is 0.00314 e. The molecule has 13 heavy (non-hydrogen) atoms. The van der Waals surface area contributed by atoms with Gasteiger partial charge < -0.3 is 0 Å². The average molecular weight is 247 g/mol. The highest BCUT2D eigenvalue weighted by Gasteiger charge is 2.21. The van der Waals surface area contributed by atoms with E-state index in [4.69, 9.17) is 0 Å². The third kappa shape index (κ3) is 4.01. The standard InChI is InChI=1S/C12H23Br/c1-2-11(9-6-10-13)12-7-4-3-5-8-12/h11-12H,2-10H2,1H3. The first-order chi connectivity index (χ1) is 6.38. The van der Waals surface area contributed by atoms with Gasteiger partial charge in [-0.05, 0) is 24.7 Å². The van der Waals surface area contributed by atoms with E-state index in [9.17, 15) is 0 Å². The van der Waals surface area contributed by atoms with E-state index in [1.165, 1.54) is 56.7 Å². The average Bonchev–Trinajstić information content (AvgIpc) is 2.21. The molecule has 0 spiro atoms. The van der Waals surface area contributed by atoms with Crippen molar-refractivity contribution in [3.05, 3.63) is 0 Å². The van der Waals surface area contributed by atoms with E-state index < -0.39 is 0 Å². The van der Waals surface area contributed by atoms with E-state index in [1.54, 1.807) is 0 Å². The largest absolute Gasteiger partial charge is 0.0928 e. The molecule has 0 saturated heterocycles. The molecule has 0 aliphatic heterocycles. The van der Waals surface area contributed by atoms with Gasteiger partial charge in [-0.15, -0.1) is 0 Å². The first-order valence-corrected chi connectivity index (χ1v) is 7.06. The van der Waals surface area contributed by atoms with E-state index in [0.717, 1.165) is 11.8 Å². The molecule has 0 aromatic heterocycles. The van der Waals surface area contributed by atoms with Crippen LogP contribution >= 0.6 is 15.9 Å². The Balaban J connectivity index is 2.26. The highest BCUT2D eigenvalue weighted by Crippen LogP contribution is 2.34. The predicted molar refractivity (Wildman–Crippen MR) is 63.4 cm³/mol. The van der Waals surface area contributed by atoms with Crippen molar-refractivity contribution in [2.45, 2.75) is 58.3 Å². The zero-order valence-corrected chi connectivity index (χ0v) is 10.5. The van der Waals surface area contributed by atoms with Crippen LogP contribution in [0.4, 0.5) is 0 Å². The maximum absolute atomic E-state index is 3.53. The summed E-state index contributed by atoms with van der Waals surface area (Å²) in [6, 6.07) is 0. The van der Waals surface area contributed by atoms with Crippen molar-refractivity contribution in [2.24, 2.45) is 11.8 Å². The molecular formula is C12H23Br. The van der Waals surface area contributed by atoms with Crippen LogP contribution in [0.3, 0.4) is 0 Å². The number of hydrogen-bond acceptors (Lipinski definition) is 0. The molecule has 0 amide bonds. The molecule has 0 N–H and O–H groups in total. The minimum atomic E-state index is 1.03. The summed E-state index contributed by atoms with van der Waals surface area (Å²) in [7, 11) is 0. The van der Waals surface area contributed by atoms with E-state index in [-0.39, 0.29) is 0 Å². The number of rotatable bonds is 5. The van der Waals surface area contributed by atoms with Crippen LogP contribution in [0.15, 0.2) is 0 Å². The Morgan fingerprint density at radius 2 is 1.92 bits per heavy atom. The number of halogens is 1. The van der Waals surface area contributed by atoms with Crippen molar-refractivity contribution in [3.8, 4) is 0 Å². The lowest BCUT2D eigenvalue weighted by molar-refractivity contribution is 0.229. The minimum absolute atomic E-state index is 1.03. The predicted octanol–water partition coefficient (Wildman–Crippen LogP) is 4.77. The first kappa shape index (κ1) is 11.6. The van der Waals surface area contributed by atoms with Crippen molar-refractivity contribution in [1.82, 2.24) is 0 Å². The molecule has 0 aromatic carbocycles. The van der Waals surface area contributed by atoms with Gasteiger partial charge >= 0.3 is 0 Å². The molecule has 0 aromatic rings. The monoisotopic (exact) mass is 246 g/mol. The molecule has 1 rings (SSSR count). The highest BCUT2D eigenvalue weighted by atomic mass is 79.9. The molecular weight excluding hydrogens is 224 g/mol. The Kier molecular flexibility index (Phi) is 6.10. The summed E-state index contributed by atoms with van der Waals surface area (Å²) in [5.41, 5.74) is 0. The Bertz CT molecular complexity index is 116. The molecule has 78 valence electrons. The number of hydrogen-bond donors (Lipinski definition) is 0. The zero-order chi connectivity index (χ0) is 9.52. The lowest BCUT2D eigenvalue weighted by Gasteiger charge is -2.29. The van der Waals surface area contributed by atoms with Crippen LogP contribution in [0.1, 0.15) is 58.3 Å². The molecule has 1 aliphatic carbocycles. The van der Waals surface area contributed by atoms with E-state index in [1.807, 2.05) is 0 Å². The third-order valence-corrected chi connectivity index (χ3v) is 4.11. The summed E-state index contributed by atoms with van der Waals surface area (Å²) in [4.78, 5) is 0. The zero-order valence-electron chi connectivity index (χ0n) is 8.90. The SMILES string of the molecule is CCC(CCCBr)C1CCCCC1. The Morgan fingerprint density at radius 3 is 2.46 bits per heavy atom. The molecule has 1 heteroatoms. The normalized spacial score (nSPS) is 21.7. The molecule has 0 bridgehead atoms. The summed E-state index contributed by atoms with van der Waals surface area (Å²) < 4.78 is 0. The summed E-state index contributed by atoms with van der Waals surface area (Å²) >= 11 is 3.53. The maximum atomic E-state index is 3.53. The van der Waals surface area contributed by atoms with Crippen LogP contribution in [0.2, 0.25) is 0 Å². The van der Waals surface area contributed by atoms with Crippen LogP contribution in [-0.4, -0.2) is 5.33 Å². The molecule has 1 fully saturated rings. The van der Waals surface area contributed by atoms with Crippen LogP contribution in [0.5, 0.6) is 0 Å². The van der Waals surface area contributed by atoms with Crippen LogP contribution in [0.25, 0.3) is 0 Å². The fraction of sp³-hybridized carbons (Fsp3) is 1.00. The minimum Gasteiger partial charge on any atom is -0.0928 e. The van der Waals surface area contributed by atoms with Crippen molar-refractivity contribution >= 4 is 15.9 Å². The summed E-state index contributed by atoms with van der Waals surface area (Å²) in [5.74, 6) is 2.09. The lowest BCUT2D eigenvalue weighted by atomic mass is 9.77. The van der Waals surface area contributed by atoms with E-state index in [0.29, 0.717) is 0 Å². The van der Waals surface area contributed by atoms with Crippen LogP contribution in [0, 0.1) is 11.8 Å². The van der Waals surface area contributed by atoms with Gasteiger partial charge in [0.25, 0.3) is 0 Å². The molecule has 0 heterocycles. The van der Waals surface area contributed by atoms with Gasteiger partial charge in [-0.2, -0.15) is 0 Å². The third-order valence-electron chi connectivity index (χ3n) is 3.55. The second kappa shape index (κ2) is 6.86. The van der Waals surface area contributed by atoms with Gasteiger partial charge in [-0.25, -0.2) is 0 Å². The Labute approximate surface area is 91.6 Å². The topological polar surface area (TPSA) is 0 Å². The fourth-order valence-corrected chi connectivity index (χ4v) is 3.04. The first-order valence-electron chi connectivity index (χ1n) is 5.94. The van der Waals surface area contributed by atoms with Crippen molar-refractivity contribution in [1.29, 1.82) is 0 Å². The van der Waals surface area contributed by atoms with E-state index in [2.05, 4.69) is 22.9 Å². The maximum Gasteiger partial charge on any atom is 0.00314 e. The molecule has 1 saturated carbocycles. The van der Waals surface area contributed by atoms with E-state index >= 15 is 0 Å². The molecule has 1 aliphatic rings. The fourth-order valence-electron chi connectivity index (χ4n) is 2.72. The summed E-state index contributed by atoms with van der Waals surface area (Å²) in [5, 5.41) is 1.19. The molecule has 0 nitrogen and oxygen atoms in total. The van der Waals surface area contributed by atoms with Gasteiger partial charge in [-0.1, -0.05) is 61.4 Å². The van der Waals surface area contributed by atoms with Crippen molar-refractivity contribution < 1.29 is 0 Å².